The SMILES string of the molecule is CC(=O)NNS(=O)(=O)c1ccc(Cl)cc1F. The first-order valence-electron chi connectivity index (χ1n) is 4.06. The normalized spacial score (nSPS) is 11.2. The van der Waals surface area contributed by atoms with E-state index in [1.54, 1.807) is 4.83 Å². The average Bonchev–Trinajstić information content (AvgIpc) is 2.14. The number of nitrogens with one attached hydrogen (secondary N) is 2. The van der Waals surface area contributed by atoms with Crippen molar-refractivity contribution in [2.45, 2.75) is 11.8 Å². The number of sulfonamides is 1. The van der Waals surface area contributed by atoms with Crippen LogP contribution in [0.15, 0.2) is 23.1 Å². The molecule has 16 heavy (non-hydrogen) atoms. The van der Waals surface area contributed by atoms with Gasteiger partial charge in [0.15, 0.2) is 0 Å². The van der Waals surface area contributed by atoms with Gasteiger partial charge in [-0.2, -0.15) is 0 Å². The highest BCUT2D eigenvalue weighted by molar-refractivity contribution is 7.89. The van der Waals surface area contributed by atoms with Crippen LogP contribution in [0, 0.1) is 5.82 Å². The summed E-state index contributed by atoms with van der Waals surface area (Å²) in [4.78, 5) is 11.6. The Hall–Kier alpha value is -1.18. The summed E-state index contributed by atoms with van der Waals surface area (Å²) in [5.74, 6) is -1.61. The maximum Gasteiger partial charge on any atom is 0.260 e. The Morgan fingerprint density at radius 2 is 2.06 bits per heavy atom. The summed E-state index contributed by atoms with van der Waals surface area (Å²) in [7, 11) is -4.12. The zero-order valence-electron chi connectivity index (χ0n) is 8.12. The Bertz CT molecular complexity index is 518. The molecule has 0 heterocycles. The first kappa shape index (κ1) is 12.9. The lowest BCUT2D eigenvalue weighted by atomic mass is 10.3. The molecule has 0 aliphatic rings. The van der Waals surface area contributed by atoms with Crippen LogP contribution in [0.1, 0.15) is 6.92 Å². The van der Waals surface area contributed by atoms with E-state index in [9.17, 15) is 17.6 Å². The molecule has 5 nitrogen and oxygen atoms in total. The predicted octanol–water partition coefficient (Wildman–Crippen LogP) is 0.808. The molecule has 0 aliphatic carbocycles. The van der Waals surface area contributed by atoms with E-state index in [1.807, 2.05) is 5.43 Å². The molecule has 0 bridgehead atoms. The van der Waals surface area contributed by atoms with Gasteiger partial charge in [0.2, 0.25) is 5.91 Å². The van der Waals surface area contributed by atoms with Crippen molar-refractivity contribution in [3.05, 3.63) is 29.0 Å². The Morgan fingerprint density at radius 3 is 2.56 bits per heavy atom. The van der Waals surface area contributed by atoms with Crippen LogP contribution < -0.4 is 10.3 Å². The maximum atomic E-state index is 13.3. The van der Waals surface area contributed by atoms with Crippen molar-refractivity contribution in [3.63, 3.8) is 0 Å². The number of benzene rings is 1. The van der Waals surface area contributed by atoms with Crippen molar-refractivity contribution in [2.75, 3.05) is 0 Å². The van der Waals surface area contributed by atoms with E-state index in [2.05, 4.69) is 0 Å². The maximum absolute atomic E-state index is 13.3. The second-order valence-electron chi connectivity index (χ2n) is 2.86. The summed E-state index contributed by atoms with van der Waals surface area (Å²) >= 11 is 5.47. The molecular formula is C8H8ClFN2O3S. The number of hydrogen-bond donors (Lipinski definition) is 2. The van der Waals surface area contributed by atoms with Gasteiger partial charge in [0.25, 0.3) is 10.0 Å². The molecule has 88 valence electrons. The van der Waals surface area contributed by atoms with Gasteiger partial charge in [-0.1, -0.05) is 11.6 Å². The molecule has 0 unspecified atom stereocenters. The molecule has 0 saturated carbocycles. The van der Waals surface area contributed by atoms with Gasteiger partial charge < -0.3 is 0 Å². The van der Waals surface area contributed by atoms with E-state index in [-0.39, 0.29) is 5.02 Å². The highest BCUT2D eigenvalue weighted by Crippen LogP contribution is 2.18. The topological polar surface area (TPSA) is 75.3 Å². The molecule has 0 atom stereocenters. The number of hydrogen-bond acceptors (Lipinski definition) is 3. The van der Waals surface area contributed by atoms with Crippen LogP contribution in [0.3, 0.4) is 0 Å². The molecule has 2 N–H and O–H groups in total. The van der Waals surface area contributed by atoms with Gasteiger partial charge in [-0.15, -0.1) is 4.83 Å². The highest BCUT2D eigenvalue weighted by Gasteiger charge is 2.19. The number of amides is 1. The standard InChI is InChI=1S/C8H8ClFN2O3S/c1-5(13)11-12-16(14,15)8-3-2-6(9)4-7(8)10/h2-4,12H,1H3,(H,11,13). The van der Waals surface area contributed by atoms with Crippen LogP contribution in [-0.2, 0) is 14.8 Å². The largest absolute Gasteiger partial charge is 0.278 e. The van der Waals surface area contributed by atoms with Gasteiger partial charge in [-0.25, -0.2) is 12.8 Å². The zero-order valence-corrected chi connectivity index (χ0v) is 9.69. The van der Waals surface area contributed by atoms with Crippen LogP contribution in [-0.4, -0.2) is 14.3 Å². The Labute approximate surface area is 96.6 Å². The molecular weight excluding hydrogens is 259 g/mol. The molecule has 1 amide bonds. The molecule has 0 spiro atoms. The van der Waals surface area contributed by atoms with E-state index in [1.165, 1.54) is 6.07 Å². The minimum atomic E-state index is -4.12. The number of halogens is 2. The van der Waals surface area contributed by atoms with Gasteiger partial charge in [0.05, 0.1) is 0 Å². The van der Waals surface area contributed by atoms with Crippen LogP contribution in [0.2, 0.25) is 5.02 Å². The minimum Gasteiger partial charge on any atom is -0.278 e. The summed E-state index contributed by atoms with van der Waals surface area (Å²) in [5, 5.41) is 0.0796. The second kappa shape index (κ2) is 4.77. The fourth-order valence-corrected chi connectivity index (χ4v) is 2.00. The monoisotopic (exact) mass is 266 g/mol. The third kappa shape index (κ3) is 3.16. The molecule has 1 rings (SSSR count). The smallest absolute Gasteiger partial charge is 0.260 e. The number of hydrazine groups is 1. The Kier molecular flexibility index (Phi) is 3.84. The lowest BCUT2D eigenvalue weighted by molar-refractivity contribution is -0.119. The van der Waals surface area contributed by atoms with E-state index in [0.717, 1.165) is 19.1 Å². The number of carbonyl (C=O) groups excluding carboxylic acids is 1. The van der Waals surface area contributed by atoms with Crippen molar-refractivity contribution >= 4 is 27.5 Å². The summed E-state index contributed by atoms with van der Waals surface area (Å²) in [6.07, 6.45) is 0. The van der Waals surface area contributed by atoms with Crippen LogP contribution in [0.4, 0.5) is 4.39 Å². The van der Waals surface area contributed by atoms with Crippen molar-refractivity contribution in [1.82, 2.24) is 10.3 Å². The molecule has 0 aliphatic heterocycles. The molecule has 0 radical (unpaired) electrons. The lowest BCUT2D eigenvalue weighted by Crippen LogP contribution is -2.40. The molecule has 1 aromatic carbocycles. The van der Waals surface area contributed by atoms with E-state index < -0.39 is 26.6 Å². The van der Waals surface area contributed by atoms with E-state index >= 15 is 0 Å². The molecule has 1 aromatic rings. The van der Waals surface area contributed by atoms with E-state index in [4.69, 9.17) is 11.6 Å². The predicted molar refractivity (Wildman–Crippen MR) is 55.5 cm³/mol. The van der Waals surface area contributed by atoms with Crippen molar-refractivity contribution < 1.29 is 17.6 Å². The van der Waals surface area contributed by atoms with Crippen molar-refractivity contribution in [1.29, 1.82) is 0 Å². The average molecular weight is 267 g/mol. The van der Waals surface area contributed by atoms with E-state index in [0.29, 0.717) is 0 Å². The van der Waals surface area contributed by atoms with Crippen LogP contribution in [0.5, 0.6) is 0 Å². The first-order valence-corrected chi connectivity index (χ1v) is 5.92. The lowest BCUT2D eigenvalue weighted by Gasteiger charge is -2.07. The third-order valence-electron chi connectivity index (χ3n) is 1.54. The van der Waals surface area contributed by atoms with Gasteiger partial charge in [-0.05, 0) is 18.2 Å². The highest BCUT2D eigenvalue weighted by atomic mass is 35.5. The van der Waals surface area contributed by atoms with Crippen molar-refractivity contribution in [3.8, 4) is 0 Å². The van der Waals surface area contributed by atoms with Crippen LogP contribution in [0.25, 0.3) is 0 Å². The summed E-state index contributed by atoms with van der Waals surface area (Å²) in [5.41, 5.74) is 1.85. The quantitative estimate of drug-likeness (QED) is 0.795. The fraction of sp³-hybridized carbons (Fsp3) is 0.125. The Balaban J connectivity index is 3.03. The number of rotatable bonds is 3. The Morgan fingerprint density at radius 1 is 1.44 bits per heavy atom. The van der Waals surface area contributed by atoms with Crippen LogP contribution >= 0.6 is 11.6 Å². The van der Waals surface area contributed by atoms with Gasteiger partial charge in [0, 0.05) is 11.9 Å². The molecule has 0 aromatic heterocycles. The third-order valence-corrected chi connectivity index (χ3v) is 3.06. The first-order chi connectivity index (χ1) is 7.33. The van der Waals surface area contributed by atoms with Gasteiger partial charge >= 0.3 is 0 Å². The fourth-order valence-electron chi connectivity index (χ4n) is 0.887. The summed E-state index contributed by atoms with van der Waals surface area (Å²) < 4.78 is 36.2. The van der Waals surface area contributed by atoms with Crippen molar-refractivity contribution in [2.24, 2.45) is 0 Å². The van der Waals surface area contributed by atoms with Gasteiger partial charge in [-0.3, -0.25) is 10.2 Å². The zero-order chi connectivity index (χ0) is 12.3. The minimum absolute atomic E-state index is 0.0796. The molecule has 0 saturated heterocycles. The summed E-state index contributed by atoms with van der Waals surface area (Å²) in [6, 6.07) is 3.10. The number of carbonyl (C=O) groups is 1. The summed E-state index contributed by atoms with van der Waals surface area (Å²) in [6.45, 7) is 1.11. The van der Waals surface area contributed by atoms with Gasteiger partial charge in [0.1, 0.15) is 10.7 Å². The molecule has 0 fully saturated rings. The second-order valence-corrected chi connectivity index (χ2v) is 4.95. The molecule has 8 heteroatoms.